The van der Waals surface area contributed by atoms with Gasteiger partial charge < -0.3 is 9.47 Å². The number of hydrogen-bond acceptors (Lipinski definition) is 4. The van der Waals surface area contributed by atoms with Crippen LogP contribution in [0.2, 0.25) is 0 Å². The molecule has 2 atom stereocenters. The molecule has 5 heteroatoms. The van der Waals surface area contributed by atoms with Gasteiger partial charge in [0.1, 0.15) is 11.3 Å². The van der Waals surface area contributed by atoms with Crippen LogP contribution in [0.1, 0.15) is 31.0 Å². The number of imidazole rings is 1. The van der Waals surface area contributed by atoms with E-state index in [1.807, 2.05) is 12.3 Å². The Morgan fingerprint density at radius 3 is 3.10 bits per heavy atom. The SMILES string of the molecule is CN1CCCC1Cn1c(C2CCSC2)nc2cccnc21. The number of pyridine rings is 1. The van der Waals surface area contributed by atoms with E-state index in [0.29, 0.717) is 12.0 Å². The van der Waals surface area contributed by atoms with Gasteiger partial charge in [-0.15, -0.1) is 0 Å². The van der Waals surface area contributed by atoms with Crippen molar-refractivity contribution in [2.45, 2.75) is 37.8 Å². The summed E-state index contributed by atoms with van der Waals surface area (Å²) in [6, 6.07) is 4.73. The summed E-state index contributed by atoms with van der Waals surface area (Å²) in [4.78, 5) is 12.0. The number of likely N-dealkylation sites (N-methyl/N-ethyl adjacent to an activating group) is 1. The number of thioether (sulfide) groups is 1. The fourth-order valence-corrected chi connectivity index (χ4v) is 4.84. The van der Waals surface area contributed by atoms with Crippen LogP contribution in [0.25, 0.3) is 11.2 Å². The Labute approximate surface area is 129 Å². The Hall–Kier alpha value is -1.07. The molecule has 21 heavy (non-hydrogen) atoms. The molecule has 2 fully saturated rings. The van der Waals surface area contributed by atoms with Crippen LogP contribution in [-0.2, 0) is 6.54 Å². The first kappa shape index (κ1) is 13.6. The highest BCUT2D eigenvalue weighted by Crippen LogP contribution is 2.34. The maximum absolute atomic E-state index is 4.93. The highest BCUT2D eigenvalue weighted by molar-refractivity contribution is 7.99. The summed E-state index contributed by atoms with van der Waals surface area (Å²) in [7, 11) is 2.25. The molecule has 2 aromatic heterocycles. The van der Waals surface area contributed by atoms with E-state index < -0.39 is 0 Å². The number of rotatable bonds is 3. The molecule has 112 valence electrons. The minimum Gasteiger partial charge on any atom is -0.311 e. The molecular formula is C16H22N4S. The summed E-state index contributed by atoms with van der Waals surface area (Å²) in [6.45, 7) is 2.26. The van der Waals surface area contributed by atoms with Gasteiger partial charge in [-0.2, -0.15) is 11.8 Å². The normalized spacial score (nSPS) is 26.9. The zero-order valence-corrected chi connectivity index (χ0v) is 13.4. The number of aromatic nitrogens is 3. The Bertz CT molecular complexity index is 632. The van der Waals surface area contributed by atoms with Crippen molar-refractivity contribution < 1.29 is 0 Å². The molecule has 2 unspecified atom stereocenters. The molecule has 4 rings (SSSR count). The van der Waals surface area contributed by atoms with E-state index in [4.69, 9.17) is 4.98 Å². The van der Waals surface area contributed by atoms with Crippen LogP contribution >= 0.6 is 11.8 Å². The van der Waals surface area contributed by atoms with E-state index in [1.54, 1.807) is 0 Å². The first-order chi connectivity index (χ1) is 10.3. The largest absolute Gasteiger partial charge is 0.311 e. The van der Waals surface area contributed by atoms with Gasteiger partial charge in [0, 0.05) is 30.5 Å². The minimum absolute atomic E-state index is 0.607. The average Bonchev–Trinajstić information content (AvgIpc) is 3.21. The zero-order valence-electron chi connectivity index (χ0n) is 12.5. The molecule has 2 saturated heterocycles. The number of likely N-dealkylation sites (tertiary alicyclic amines) is 1. The van der Waals surface area contributed by atoms with Crippen molar-refractivity contribution in [3.63, 3.8) is 0 Å². The molecule has 0 radical (unpaired) electrons. The fraction of sp³-hybridized carbons (Fsp3) is 0.625. The van der Waals surface area contributed by atoms with Crippen LogP contribution in [0, 0.1) is 0 Å². The summed E-state index contributed by atoms with van der Waals surface area (Å²) in [5.74, 6) is 4.36. The Kier molecular flexibility index (Phi) is 3.63. The van der Waals surface area contributed by atoms with E-state index in [0.717, 1.165) is 17.7 Å². The predicted molar refractivity (Wildman–Crippen MR) is 87.9 cm³/mol. The summed E-state index contributed by atoms with van der Waals surface area (Å²) >= 11 is 2.05. The molecule has 0 amide bonds. The van der Waals surface area contributed by atoms with Gasteiger partial charge in [-0.3, -0.25) is 0 Å². The van der Waals surface area contributed by atoms with Crippen molar-refractivity contribution in [2.75, 3.05) is 25.1 Å². The lowest BCUT2D eigenvalue weighted by Crippen LogP contribution is -2.30. The molecule has 0 bridgehead atoms. The van der Waals surface area contributed by atoms with Gasteiger partial charge in [-0.25, -0.2) is 9.97 Å². The molecule has 2 aliphatic heterocycles. The molecule has 0 saturated carbocycles. The standard InChI is InChI=1S/C16H22N4S/c1-19-8-3-4-13(19)10-20-15(12-6-9-21-11-12)18-14-5-2-7-17-16(14)20/h2,5,7,12-13H,3-4,6,8-11H2,1H3. The van der Waals surface area contributed by atoms with Crippen LogP contribution in [-0.4, -0.2) is 50.6 Å². The Morgan fingerprint density at radius 2 is 2.33 bits per heavy atom. The molecule has 2 aromatic rings. The number of fused-ring (bicyclic) bond motifs is 1. The second-order valence-electron chi connectivity index (χ2n) is 6.26. The summed E-state index contributed by atoms with van der Waals surface area (Å²) < 4.78 is 2.42. The third kappa shape index (κ3) is 2.46. The predicted octanol–water partition coefficient (Wildman–Crippen LogP) is 2.75. The van der Waals surface area contributed by atoms with Gasteiger partial charge in [0.2, 0.25) is 0 Å². The lowest BCUT2D eigenvalue weighted by Gasteiger charge is -2.22. The van der Waals surface area contributed by atoms with Gasteiger partial charge in [-0.05, 0) is 50.7 Å². The summed E-state index contributed by atoms with van der Waals surface area (Å²) in [5, 5.41) is 0. The van der Waals surface area contributed by atoms with Gasteiger partial charge in [0.15, 0.2) is 5.65 Å². The second kappa shape index (κ2) is 5.61. The van der Waals surface area contributed by atoms with Gasteiger partial charge >= 0.3 is 0 Å². The van der Waals surface area contributed by atoms with Crippen LogP contribution < -0.4 is 0 Å². The van der Waals surface area contributed by atoms with Crippen LogP contribution in [0.4, 0.5) is 0 Å². The lowest BCUT2D eigenvalue weighted by atomic mass is 10.1. The van der Waals surface area contributed by atoms with Crippen molar-refractivity contribution >= 4 is 22.9 Å². The van der Waals surface area contributed by atoms with Gasteiger partial charge in [0.25, 0.3) is 0 Å². The van der Waals surface area contributed by atoms with Crippen molar-refractivity contribution in [3.8, 4) is 0 Å². The quantitative estimate of drug-likeness (QED) is 0.873. The third-order valence-corrected chi connectivity index (χ3v) is 6.06. The van der Waals surface area contributed by atoms with E-state index >= 15 is 0 Å². The van der Waals surface area contributed by atoms with Crippen molar-refractivity contribution in [3.05, 3.63) is 24.2 Å². The minimum atomic E-state index is 0.607. The molecule has 0 N–H and O–H groups in total. The lowest BCUT2D eigenvalue weighted by molar-refractivity contribution is 0.281. The van der Waals surface area contributed by atoms with Gasteiger partial charge in [-0.1, -0.05) is 0 Å². The molecular weight excluding hydrogens is 280 g/mol. The third-order valence-electron chi connectivity index (χ3n) is 4.89. The van der Waals surface area contributed by atoms with E-state index in [2.05, 4.69) is 39.3 Å². The van der Waals surface area contributed by atoms with Gasteiger partial charge in [0.05, 0.1) is 0 Å². The molecule has 4 nitrogen and oxygen atoms in total. The molecule has 4 heterocycles. The zero-order chi connectivity index (χ0) is 14.2. The van der Waals surface area contributed by atoms with Crippen LogP contribution in [0.3, 0.4) is 0 Å². The van der Waals surface area contributed by atoms with E-state index in [-0.39, 0.29) is 0 Å². The van der Waals surface area contributed by atoms with Crippen molar-refractivity contribution in [1.29, 1.82) is 0 Å². The Morgan fingerprint density at radius 1 is 1.38 bits per heavy atom. The first-order valence-electron chi connectivity index (χ1n) is 7.92. The van der Waals surface area contributed by atoms with E-state index in [9.17, 15) is 0 Å². The maximum Gasteiger partial charge on any atom is 0.160 e. The smallest absolute Gasteiger partial charge is 0.160 e. The topological polar surface area (TPSA) is 34.0 Å². The Balaban J connectivity index is 1.74. The van der Waals surface area contributed by atoms with E-state index in [1.165, 1.54) is 43.1 Å². The summed E-state index contributed by atoms with van der Waals surface area (Å²) in [5.41, 5.74) is 2.13. The maximum atomic E-state index is 4.93. The number of hydrogen-bond donors (Lipinski definition) is 0. The molecule has 0 spiro atoms. The molecule has 0 aromatic carbocycles. The fourth-order valence-electron chi connectivity index (χ4n) is 3.63. The van der Waals surface area contributed by atoms with Crippen molar-refractivity contribution in [2.24, 2.45) is 0 Å². The molecule has 0 aliphatic carbocycles. The highest BCUT2D eigenvalue weighted by Gasteiger charge is 2.28. The van der Waals surface area contributed by atoms with Crippen LogP contribution in [0.15, 0.2) is 18.3 Å². The van der Waals surface area contributed by atoms with Crippen LogP contribution in [0.5, 0.6) is 0 Å². The number of nitrogens with zero attached hydrogens (tertiary/aromatic N) is 4. The molecule has 2 aliphatic rings. The summed E-state index contributed by atoms with van der Waals surface area (Å²) in [6.07, 6.45) is 5.76. The second-order valence-corrected chi connectivity index (χ2v) is 7.41. The highest BCUT2D eigenvalue weighted by atomic mass is 32.2. The average molecular weight is 302 g/mol. The first-order valence-corrected chi connectivity index (χ1v) is 9.07. The van der Waals surface area contributed by atoms with Crippen molar-refractivity contribution in [1.82, 2.24) is 19.4 Å². The monoisotopic (exact) mass is 302 g/mol.